The Hall–Kier alpha value is -2.73. The van der Waals surface area contributed by atoms with Crippen molar-refractivity contribution in [2.75, 3.05) is 13.2 Å². The fourth-order valence-corrected chi connectivity index (χ4v) is 2.85. The number of hydrogen-bond acceptors (Lipinski definition) is 6. The summed E-state index contributed by atoms with van der Waals surface area (Å²) < 4.78 is 11.3. The van der Waals surface area contributed by atoms with E-state index in [1.165, 1.54) is 5.56 Å². The lowest BCUT2D eigenvalue weighted by Crippen LogP contribution is -2.29. The number of rotatable bonds is 3. The SMILES string of the molecule is CC(c1nc(-c2cccnc2)no1)N1CCOc2ccccc2C1. The molecule has 24 heavy (non-hydrogen) atoms. The molecule has 0 amide bonds. The van der Waals surface area contributed by atoms with Crippen LogP contribution in [0.25, 0.3) is 11.4 Å². The van der Waals surface area contributed by atoms with Crippen LogP contribution in [0.1, 0.15) is 24.4 Å². The zero-order chi connectivity index (χ0) is 16.4. The van der Waals surface area contributed by atoms with Crippen LogP contribution in [0, 0.1) is 0 Å². The molecule has 0 aliphatic carbocycles. The first kappa shape index (κ1) is 14.8. The summed E-state index contributed by atoms with van der Waals surface area (Å²) in [4.78, 5) is 10.9. The van der Waals surface area contributed by atoms with E-state index in [1.807, 2.05) is 30.3 Å². The van der Waals surface area contributed by atoms with E-state index in [0.29, 0.717) is 18.3 Å². The Balaban J connectivity index is 1.56. The van der Waals surface area contributed by atoms with Crippen LogP contribution >= 0.6 is 0 Å². The molecule has 0 radical (unpaired) electrons. The van der Waals surface area contributed by atoms with Gasteiger partial charge < -0.3 is 9.26 Å². The summed E-state index contributed by atoms with van der Waals surface area (Å²) in [6, 6.07) is 11.9. The van der Waals surface area contributed by atoms with Crippen molar-refractivity contribution in [3.8, 4) is 17.1 Å². The van der Waals surface area contributed by atoms with E-state index in [9.17, 15) is 0 Å². The van der Waals surface area contributed by atoms with Crippen LogP contribution in [-0.4, -0.2) is 33.2 Å². The van der Waals surface area contributed by atoms with Gasteiger partial charge in [-0.05, 0) is 25.1 Å². The molecule has 0 spiro atoms. The van der Waals surface area contributed by atoms with Crippen molar-refractivity contribution < 1.29 is 9.26 Å². The number of para-hydroxylation sites is 1. The zero-order valence-corrected chi connectivity index (χ0v) is 13.4. The molecular weight excluding hydrogens is 304 g/mol. The second-order valence-electron chi connectivity index (χ2n) is 5.80. The first-order valence-corrected chi connectivity index (χ1v) is 8.00. The van der Waals surface area contributed by atoms with E-state index in [-0.39, 0.29) is 6.04 Å². The molecule has 3 aromatic rings. The fourth-order valence-electron chi connectivity index (χ4n) is 2.85. The molecule has 6 nitrogen and oxygen atoms in total. The molecule has 0 fully saturated rings. The topological polar surface area (TPSA) is 64.3 Å². The second-order valence-corrected chi connectivity index (χ2v) is 5.80. The first-order valence-electron chi connectivity index (χ1n) is 8.00. The Kier molecular flexibility index (Phi) is 3.96. The lowest BCUT2D eigenvalue weighted by Gasteiger charge is -2.23. The lowest BCUT2D eigenvalue weighted by molar-refractivity contribution is 0.151. The third kappa shape index (κ3) is 2.88. The van der Waals surface area contributed by atoms with E-state index in [0.717, 1.165) is 24.4 Å². The van der Waals surface area contributed by atoms with Gasteiger partial charge in [0.05, 0.1) is 6.04 Å². The number of aromatic nitrogens is 3. The normalized spacial score (nSPS) is 16.0. The summed E-state index contributed by atoms with van der Waals surface area (Å²) in [7, 11) is 0. The number of ether oxygens (including phenoxy) is 1. The molecular formula is C18H18N4O2. The Morgan fingerprint density at radius 2 is 2.08 bits per heavy atom. The number of benzene rings is 1. The Morgan fingerprint density at radius 1 is 1.17 bits per heavy atom. The van der Waals surface area contributed by atoms with Crippen LogP contribution < -0.4 is 4.74 Å². The number of pyridine rings is 1. The zero-order valence-electron chi connectivity index (χ0n) is 13.4. The van der Waals surface area contributed by atoms with Crippen LogP contribution in [0.2, 0.25) is 0 Å². The lowest BCUT2D eigenvalue weighted by atomic mass is 10.1. The van der Waals surface area contributed by atoms with Gasteiger partial charge >= 0.3 is 0 Å². The van der Waals surface area contributed by atoms with Gasteiger partial charge in [-0.25, -0.2) is 0 Å². The average molecular weight is 322 g/mol. The van der Waals surface area contributed by atoms with Crippen molar-refractivity contribution in [2.24, 2.45) is 0 Å². The van der Waals surface area contributed by atoms with Gasteiger partial charge in [0, 0.05) is 36.6 Å². The minimum Gasteiger partial charge on any atom is -0.492 e. The minimum atomic E-state index is 0.0117. The van der Waals surface area contributed by atoms with Gasteiger partial charge in [0.1, 0.15) is 12.4 Å². The van der Waals surface area contributed by atoms with Gasteiger partial charge in [-0.3, -0.25) is 9.88 Å². The van der Waals surface area contributed by atoms with Crippen molar-refractivity contribution in [1.29, 1.82) is 0 Å². The molecule has 0 N–H and O–H groups in total. The molecule has 1 atom stereocenters. The molecule has 1 aromatic carbocycles. The van der Waals surface area contributed by atoms with Crippen molar-refractivity contribution in [3.63, 3.8) is 0 Å². The second kappa shape index (κ2) is 6.41. The van der Waals surface area contributed by atoms with Gasteiger partial charge in [0.25, 0.3) is 0 Å². The third-order valence-corrected chi connectivity index (χ3v) is 4.25. The van der Waals surface area contributed by atoms with Gasteiger partial charge in [-0.2, -0.15) is 4.98 Å². The largest absolute Gasteiger partial charge is 0.492 e. The molecule has 1 aliphatic heterocycles. The van der Waals surface area contributed by atoms with Gasteiger partial charge in [0.2, 0.25) is 11.7 Å². The van der Waals surface area contributed by atoms with E-state index in [4.69, 9.17) is 9.26 Å². The maximum absolute atomic E-state index is 5.82. The highest BCUT2D eigenvalue weighted by Crippen LogP contribution is 2.28. The van der Waals surface area contributed by atoms with Gasteiger partial charge in [0.15, 0.2) is 0 Å². The predicted octanol–water partition coefficient (Wildman–Crippen LogP) is 3.09. The number of nitrogens with zero attached hydrogens (tertiary/aromatic N) is 4. The van der Waals surface area contributed by atoms with Crippen LogP contribution in [0.5, 0.6) is 5.75 Å². The summed E-state index contributed by atoms with van der Waals surface area (Å²) in [5.74, 6) is 2.12. The third-order valence-electron chi connectivity index (χ3n) is 4.25. The van der Waals surface area contributed by atoms with Crippen molar-refractivity contribution in [1.82, 2.24) is 20.0 Å². The molecule has 0 saturated heterocycles. The number of hydrogen-bond donors (Lipinski definition) is 0. The van der Waals surface area contributed by atoms with E-state index in [2.05, 4.69) is 33.0 Å². The highest BCUT2D eigenvalue weighted by Gasteiger charge is 2.25. The van der Waals surface area contributed by atoms with Gasteiger partial charge in [-0.1, -0.05) is 23.4 Å². The maximum Gasteiger partial charge on any atom is 0.244 e. The van der Waals surface area contributed by atoms with Crippen LogP contribution in [0.15, 0.2) is 53.3 Å². The van der Waals surface area contributed by atoms with E-state index in [1.54, 1.807) is 12.4 Å². The summed E-state index contributed by atoms with van der Waals surface area (Å²) in [5.41, 5.74) is 2.03. The van der Waals surface area contributed by atoms with Gasteiger partial charge in [-0.15, -0.1) is 0 Å². The molecule has 1 aliphatic rings. The monoisotopic (exact) mass is 322 g/mol. The molecule has 122 valence electrons. The Bertz CT molecular complexity index is 819. The van der Waals surface area contributed by atoms with E-state index < -0.39 is 0 Å². The smallest absolute Gasteiger partial charge is 0.244 e. The van der Waals surface area contributed by atoms with Crippen LogP contribution in [0.3, 0.4) is 0 Å². The fraction of sp³-hybridized carbons (Fsp3) is 0.278. The highest BCUT2D eigenvalue weighted by molar-refractivity contribution is 5.51. The van der Waals surface area contributed by atoms with Crippen LogP contribution in [-0.2, 0) is 6.54 Å². The van der Waals surface area contributed by atoms with Crippen molar-refractivity contribution >= 4 is 0 Å². The molecule has 1 unspecified atom stereocenters. The summed E-state index contributed by atoms with van der Waals surface area (Å²) in [6.07, 6.45) is 3.46. The van der Waals surface area contributed by atoms with Crippen molar-refractivity contribution in [2.45, 2.75) is 19.5 Å². The summed E-state index contributed by atoms with van der Waals surface area (Å²) >= 11 is 0. The van der Waals surface area contributed by atoms with Crippen molar-refractivity contribution in [3.05, 3.63) is 60.2 Å². The predicted molar refractivity (Wildman–Crippen MR) is 88.3 cm³/mol. The molecule has 0 saturated carbocycles. The minimum absolute atomic E-state index is 0.0117. The molecule has 4 rings (SSSR count). The van der Waals surface area contributed by atoms with E-state index >= 15 is 0 Å². The molecule has 0 bridgehead atoms. The molecule has 2 aromatic heterocycles. The Morgan fingerprint density at radius 3 is 2.96 bits per heavy atom. The molecule has 3 heterocycles. The maximum atomic E-state index is 5.82. The first-order chi connectivity index (χ1) is 11.8. The Labute approximate surface area is 140 Å². The summed E-state index contributed by atoms with van der Waals surface area (Å²) in [5, 5.41) is 4.09. The standard InChI is InChI=1S/C18H18N4O2/c1-13(18-20-17(21-24-18)14-6-4-8-19-11-14)22-9-10-23-16-7-3-2-5-15(16)12-22/h2-8,11,13H,9-10,12H2,1H3. The van der Waals surface area contributed by atoms with Crippen LogP contribution in [0.4, 0.5) is 0 Å². The number of fused-ring (bicyclic) bond motifs is 1. The summed E-state index contributed by atoms with van der Waals surface area (Å²) in [6.45, 7) is 4.32. The molecule has 6 heteroatoms. The average Bonchev–Trinajstić information content (AvgIpc) is 3.02. The highest BCUT2D eigenvalue weighted by atomic mass is 16.5. The quantitative estimate of drug-likeness (QED) is 0.738.